The second-order valence-corrected chi connectivity index (χ2v) is 5.23. The maximum Gasteiger partial charge on any atom is 0.273 e. The Balaban J connectivity index is 2.02. The number of benzene rings is 1. The second kappa shape index (κ2) is 6.00. The van der Waals surface area contributed by atoms with Crippen LogP contribution in [0.25, 0.3) is 0 Å². The third-order valence-electron chi connectivity index (χ3n) is 3.81. The number of carbonyl (C=O) groups is 1. The number of aliphatic hydroxyl groups excluding tert-OH is 1. The highest BCUT2D eigenvalue weighted by Gasteiger charge is 2.25. The lowest BCUT2D eigenvalue weighted by Gasteiger charge is -2.15. The number of nitrogens with zero attached hydrogens (tertiary/aromatic N) is 1. The van der Waals surface area contributed by atoms with Crippen LogP contribution in [0, 0.1) is 23.0 Å². The highest BCUT2D eigenvalue weighted by Crippen LogP contribution is 2.25. The number of nitro benzene ring substituents is 1. The molecule has 108 valence electrons. The van der Waals surface area contributed by atoms with E-state index in [9.17, 15) is 20.0 Å². The van der Waals surface area contributed by atoms with Gasteiger partial charge in [-0.1, -0.05) is 12.5 Å². The Labute approximate surface area is 117 Å². The Kier molecular flexibility index (Phi) is 4.34. The first-order valence-corrected chi connectivity index (χ1v) is 6.70. The van der Waals surface area contributed by atoms with Gasteiger partial charge in [0, 0.05) is 29.7 Å². The smallest absolute Gasteiger partial charge is 0.273 e. The molecule has 1 aliphatic rings. The van der Waals surface area contributed by atoms with Gasteiger partial charge in [0.05, 0.1) is 11.0 Å². The van der Waals surface area contributed by atoms with Crippen LogP contribution < -0.4 is 5.32 Å². The molecule has 1 aromatic rings. The zero-order valence-corrected chi connectivity index (χ0v) is 11.3. The highest BCUT2D eigenvalue weighted by atomic mass is 16.6. The molecule has 2 atom stereocenters. The fraction of sp³-hybridized carbons (Fsp3) is 0.500. The molecule has 0 aromatic heterocycles. The number of carbonyl (C=O) groups excluding carboxylic acids is 1. The van der Waals surface area contributed by atoms with Crippen molar-refractivity contribution in [3.8, 4) is 0 Å². The molecule has 1 saturated carbocycles. The number of hydrogen-bond donors (Lipinski definition) is 2. The highest BCUT2D eigenvalue weighted by molar-refractivity contribution is 5.94. The Morgan fingerprint density at radius 3 is 2.85 bits per heavy atom. The van der Waals surface area contributed by atoms with Crippen LogP contribution in [-0.2, 0) is 0 Å². The van der Waals surface area contributed by atoms with Gasteiger partial charge in [-0.25, -0.2) is 0 Å². The maximum absolute atomic E-state index is 12.0. The largest absolute Gasteiger partial charge is 0.393 e. The standard InChI is InChI=1S/C14H18N2O4/c1-9-5-6-10(7-12(9)16(19)20)14(18)15-8-11-3-2-4-13(11)17/h5-7,11,13,17H,2-4,8H2,1H3,(H,15,18). The number of amides is 1. The number of aliphatic hydroxyl groups is 1. The summed E-state index contributed by atoms with van der Waals surface area (Å²) in [7, 11) is 0. The van der Waals surface area contributed by atoms with E-state index in [0.29, 0.717) is 12.1 Å². The molecule has 0 heterocycles. The Bertz CT molecular complexity index is 530. The summed E-state index contributed by atoms with van der Waals surface area (Å²) in [6.45, 7) is 2.04. The normalized spacial score (nSPS) is 21.7. The first-order chi connectivity index (χ1) is 9.49. The van der Waals surface area contributed by atoms with E-state index < -0.39 is 4.92 Å². The topological polar surface area (TPSA) is 92.5 Å². The molecule has 2 unspecified atom stereocenters. The van der Waals surface area contributed by atoms with E-state index in [4.69, 9.17) is 0 Å². The number of hydrogen-bond acceptors (Lipinski definition) is 4. The van der Waals surface area contributed by atoms with Gasteiger partial charge in [-0.15, -0.1) is 0 Å². The molecule has 1 amide bonds. The third kappa shape index (κ3) is 3.14. The summed E-state index contributed by atoms with van der Waals surface area (Å²) < 4.78 is 0. The summed E-state index contributed by atoms with van der Waals surface area (Å²) in [5.41, 5.74) is 0.742. The minimum atomic E-state index is -0.493. The number of nitrogens with one attached hydrogen (secondary N) is 1. The number of rotatable bonds is 4. The van der Waals surface area contributed by atoms with Crippen LogP contribution in [0.1, 0.15) is 35.2 Å². The lowest BCUT2D eigenvalue weighted by molar-refractivity contribution is -0.385. The van der Waals surface area contributed by atoms with E-state index in [1.54, 1.807) is 19.1 Å². The molecule has 20 heavy (non-hydrogen) atoms. The van der Waals surface area contributed by atoms with Crippen LogP contribution in [0.5, 0.6) is 0 Å². The van der Waals surface area contributed by atoms with Crippen molar-refractivity contribution in [1.29, 1.82) is 0 Å². The summed E-state index contributed by atoms with van der Waals surface area (Å²) in [5, 5.41) is 23.3. The molecule has 0 bridgehead atoms. The lowest BCUT2D eigenvalue weighted by Crippen LogP contribution is -2.32. The molecule has 0 aliphatic heterocycles. The van der Waals surface area contributed by atoms with Gasteiger partial charge in [0.25, 0.3) is 11.6 Å². The van der Waals surface area contributed by atoms with Gasteiger partial charge in [0.1, 0.15) is 0 Å². The fourth-order valence-electron chi connectivity index (χ4n) is 2.53. The zero-order chi connectivity index (χ0) is 14.7. The molecular weight excluding hydrogens is 260 g/mol. The van der Waals surface area contributed by atoms with Crippen molar-refractivity contribution in [1.82, 2.24) is 5.32 Å². The summed E-state index contributed by atoms with van der Waals surface area (Å²) >= 11 is 0. The minimum Gasteiger partial charge on any atom is -0.393 e. The van der Waals surface area contributed by atoms with Crippen LogP contribution in [-0.4, -0.2) is 28.6 Å². The predicted molar refractivity (Wildman–Crippen MR) is 73.5 cm³/mol. The molecule has 1 fully saturated rings. The van der Waals surface area contributed by atoms with Crippen LogP contribution in [0.2, 0.25) is 0 Å². The summed E-state index contributed by atoms with van der Waals surface area (Å²) in [6.07, 6.45) is 2.28. The lowest BCUT2D eigenvalue weighted by atomic mass is 10.1. The summed E-state index contributed by atoms with van der Waals surface area (Å²) in [4.78, 5) is 22.3. The van der Waals surface area contributed by atoms with Crippen LogP contribution in [0.15, 0.2) is 18.2 Å². The fourth-order valence-corrected chi connectivity index (χ4v) is 2.53. The molecule has 6 heteroatoms. The number of aryl methyl sites for hydroxylation is 1. The predicted octanol–water partition coefficient (Wildman–Crippen LogP) is 1.79. The average molecular weight is 278 g/mol. The van der Waals surface area contributed by atoms with Crippen molar-refractivity contribution in [3.05, 3.63) is 39.4 Å². The minimum absolute atomic E-state index is 0.0569. The van der Waals surface area contributed by atoms with E-state index in [0.717, 1.165) is 19.3 Å². The Morgan fingerprint density at radius 2 is 2.25 bits per heavy atom. The van der Waals surface area contributed by atoms with E-state index in [1.165, 1.54) is 6.07 Å². The third-order valence-corrected chi connectivity index (χ3v) is 3.81. The molecule has 2 N–H and O–H groups in total. The maximum atomic E-state index is 12.0. The molecule has 0 saturated heterocycles. The van der Waals surface area contributed by atoms with E-state index in [2.05, 4.69) is 5.32 Å². The summed E-state index contributed by atoms with van der Waals surface area (Å²) in [6, 6.07) is 4.43. The van der Waals surface area contributed by atoms with Crippen LogP contribution >= 0.6 is 0 Å². The van der Waals surface area contributed by atoms with Gasteiger partial charge in [0.2, 0.25) is 0 Å². The van der Waals surface area contributed by atoms with Crippen LogP contribution in [0.4, 0.5) is 5.69 Å². The van der Waals surface area contributed by atoms with Crippen molar-refractivity contribution in [2.45, 2.75) is 32.3 Å². The monoisotopic (exact) mass is 278 g/mol. The van der Waals surface area contributed by atoms with Gasteiger partial charge in [-0.3, -0.25) is 14.9 Å². The van der Waals surface area contributed by atoms with Crippen molar-refractivity contribution < 1.29 is 14.8 Å². The first-order valence-electron chi connectivity index (χ1n) is 6.70. The van der Waals surface area contributed by atoms with Gasteiger partial charge in [-0.05, 0) is 25.8 Å². The van der Waals surface area contributed by atoms with E-state index in [-0.39, 0.29) is 29.2 Å². The van der Waals surface area contributed by atoms with Gasteiger partial charge >= 0.3 is 0 Å². The quantitative estimate of drug-likeness (QED) is 0.648. The van der Waals surface area contributed by atoms with Crippen LogP contribution in [0.3, 0.4) is 0 Å². The Morgan fingerprint density at radius 1 is 1.50 bits per heavy atom. The van der Waals surface area contributed by atoms with Crippen molar-refractivity contribution >= 4 is 11.6 Å². The molecule has 0 spiro atoms. The molecule has 2 rings (SSSR count). The van der Waals surface area contributed by atoms with Crippen molar-refractivity contribution in [2.75, 3.05) is 6.54 Å². The molecular formula is C14H18N2O4. The van der Waals surface area contributed by atoms with Gasteiger partial charge < -0.3 is 10.4 Å². The average Bonchev–Trinajstić information content (AvgIpc) is 2.81. The second-order valence-electron chi connectivity index (χ2n) is 5.23. The SMILES string of the molecule is Cc1ccc(C(=O)NCC2CCCC2O)cc1[N+](=O)[O-]. The van der Waals surface area contributed by atoms with E-state index >= 15 is 0 Å². The first kappa shape index (κ1) is 14.5. The molecule has 0 radical (unpaired) electrons. The van der Waals surface area contributed by atoms with Gasteiger partial charge in [-0.2, -0.15) is 0 Å². The Hall–Kier alpha value is -1.95. The number of nitro groups is 1. The van der Waals surface area contributed by atoms with E-state index in [1.807, 2.05) is 0 Å². The van der Waals surface area contributed by atoms with Gasteiger partial charge in [0.15, 0.2) is 0 Å². The van der Waals surface area contributed by atoms with Crippen molar-refractivity contribution in [3.63, 3.8) is 0 Å². The zero-order valence-electron chi connectivity index (χ0n) is 11.3. The van der Waals surface area contributed by atoms with Crippen molar-refractivity contribution in [2.24, 2.45) is 5.92 Å². The summed E-state index contributed by atoms with van der Waals surface area (Å²) in [5.74, 6) is -0.258. The molecule has 1 aromatic carbocycles. The molecule has 1 aliphatic carbocycles. The molecule has 6 nitrogen and oxygen atoms in total.